The summed E-state index contributed by atoms with van der Waals surface area (Å²) in [6.45, 7) is 4.31. The zero-order valence-electron chi connectivity index (χ0n) is 22.2. The second kappa shape index (κ2) is 12.4. The van der Waals surface area contributed by atoms with Crippen molar-refractivity contribution in [3.63, 3.8) is 0 Å². The molecule has 2 fully saturated rings. The first-order valence-electron chi connectivity index (χ1n) is 13.2. The van der Waals surface area contributed by atoms with Gasteiger partial charge >= 0.3 is 12.4 Å². The van der Waals surface area contributed by atoms with E-state index in [-0.39, 0.29) is 23.9 Å². The van der Waals surface area contributed by atoms with Gasteiger partial charge in [0, 0.05) is 49.7 Å². The average Bonchev–Trinajstić information content (AvgIpc) is 2.93. The highest BCUT2D eigenvalue weighted by Crippen LogP contribution is 2.38. The molecule has 1 aliphatic carbocycles. The summed E-state index contributed by atoms with van der Waals surface area (Å²) in [6, 6.07) is 7.95. The van der Waals surface area contributed by atoms with Gasteiger partial charge in [0.2, 0.25) is 0 Å². The van der Waals surface area contributed by atoms with Crippen molar-refractivity contribution in [2.24, 2.45) is 0 Å². The van der Waals surface area contributed by atoms with E-state index in [0.717, 1.165) is 30.0 Å². The summed E-state index contributed by atoms with van der Waals surface area (Å²) >= 11 is 5.66. The second-order valence-corrected chi connectivity index (χ2v) is 10.7. The third kappa shape index (κ3) is 7.79. The van der Waals surface area contributed by atoms with Gasteiger partial charge in [-0.3, -0.25) is 10.1 Å². The Kier molecular flexibility index (Phi) is 9.32. The molecule has 2 aromatic carbocycles. The van der Waals surface area contributed by atoms with Crippen molar-refractivity contribution in [1.29, 1.82) is 0 Å². The third-order valence-electron chi connectivity index (χ3n) is 7.44. The van der Waals surface area contributed by atoms with E-state index in [4.69, 9.17) is 17.0 Å². The number of anilines is 2. The smallest absolute Gasteiger partial charge is 0.382 e. The molecule has 224 valence electrons. The molecule has 1 N–H and O–H groups in total. The third-order valence-corrected chi connectivity index (χ3v) is 8.03. The fraction of sp³-hybridized carbons (Fsp3) is 0.519. The molecule has 1 saturated carbocycles. The maximum absolute atomic E-state index is 13.3. The molecule has 0 amide bonds. The number of nitro groups is 1. The Bertz CT molecular complexity index is 1230. The van der Waals surface area contributed by atoms with E-state index < -0.39 is 34.1 Å². The van der Waals surface area contributed by atoms with Gasteiger partial charge in [-0.25, -0.2) is 0 Å². The number of thiocarbonyl (C=S) groups is 1. The summed E-state index contributed by atoms with van der Waals surface area (Å²) in [5.41, 5.74) is -2.05. The van der Waals surface area contributed by atoms with Crippen LogP contribution in [0.25, 0.3) is 0 Å². The molecule has 14 heteroatoms. The zero-order chi connectivity index (χ0) is 29.9. The van der Waals surface area contributed by atoms with E-state index in [0.29, 0.717) is 56.9 Å². The second-order valence-electron chi connectivity index (χ2n) is 10.2. The number of hydrogen-bond donors (Lipinski definition) is 1. The fourth-order valence-corrected chi connectivity index (χ4v) is 5.48. The minimum Gasteiger partial charge on any atom is -0.382 e. The number of hydrogen-bond acceptors (Lipinski definition) is 6. The molecule has 1 heterocycles. The lowest BCUT2D eigenvalue weighted by Gasteiger charge is -2.39. The number of nitrogens with zero attached hydrogens (tertiary/aromatic N) is 3. The molecule has 7 nitrogen and oxygen atoms in total. The first kappa shape index (κ1) is 30.8. The summed E-state index contributed by atoms with van der Waals surface area (Å²) in [5, 5.41) is 14.0. The Labute approximate surface area is 238 Å². The molecular weight excluding hydrogens is 574 g/mol. The molecule has 1 saturated heterocycles. The lowest BCUT2D eigenvalue weighted by atomic mass is 9.92. The summed E-state index contributed by atoms with van der Waals surface area (Å²) in [7, 11) is 0. The molecular formula is C27H30F6N4O3S. The molecule has 1 aliphatic heterocycles. The SMILES string of the molecule is CC(O[C@H]1CC[C@H](Nc2ccc([N+](=O)[O-])c(C(F)(F)F)c2)CC1)C(=S)N1CCN(c2ccc(C(F)(F)F)cc2)CC1. The van der Waals surface area contributed by atoms with E-state index in [2.05, 4.69) is 5.32 Å². The quantitative estimate of drug-likeness (QED) is 0.159. The van der Waals surface area contributed by atoms with Crippen LogP contribution in [0.5, 0.6) is 0 Å². The van der Waals surface area contributed by atoms with Crippen LogP contribution in [-0.4, -0.2) is 59.2 Å². The van der Waals surface area contributed by atoms with Gasteiger partial charge in [0.1, 0.15) is 16.7 Å². The largest absolute Gasteiger partial charge is 0.423 e. The van der Waals surface area contributed by atoms with Crippen molar-refractivity contribution < 1.29 is 36.0 Å². The van der Waals surface area contributed by atoms with Crippen LogP contribution in [0.15, 0.2) is 42.5 Å². The molecule has 41 heavy (non-hydrogen) atoms. The van der Waals surface area contributed by atoms with Crippen LogP contribution in [0, 0.1) is 10.1 Å². The lowest BCUT2D eigenvalue weighted by Crippen LogP contribution is -2.51. The van der Waals surface area contributed by atoms with E-state index in [1.165, 1.54) is 18.2 Å². The van der Waals surface area contributed by atoms with Gasteiger partial charge in [-0.2, -0.15) is 26.3 Å². The van der Waals surface area contributed by atoms with Gasteiger partial charge < -0.3 is 19.9 Å². The van der Waals surface area contributed by atoms with E-state index >= 15 is 0 Å². The maximum atomic E-state index is 13.3. The maximum Gasteiger partial charge on any atom is 0.423 e. The van der Waals surface area contributed by atoms with E-state index in [1.54, 1.807) is 0 Å². The van der Waals surface area contributed by atoms with Crippen LogP contribution in [0.1, 0.15) is 43.7 Å². The zero-order valence-corrected chi connectivity index (χ0v) is 23.0. The molecule has 0 radical (unpaired) electrons. The number of benzene rings is 2. The Balaban J connectivity index is 1.23. The number of piperazine rings is 1. The van der Waals surface area contributed by atoms with Gasteiger partial charge in [-0.15, -0.1) is 0 Å². The van der Waals surface area contributed by atoms with Crippen LogP contribution >= 0.6 is 12.2 Å². The number of nitrogens with one attached hydrogen (secondary N) is 1. The van der Waals surface area contributed by atoms with Gasteiger partial charge in [0.05, 0.1) is 16.6 Å². The normalized spacial score (nSPS) is 21.0. The minimum absolute atomic E-state index is 0.0722. The van der Waals surface area contributed by atoms with Crippen molar-refractivity contribution in [1.82, 2.24) is 4.90 Å². The molecule has 1 unspecified atom stereocenters. The highest BCUT2D eigenvalue weighted by atomic mass is 32.1. The van der Waals surface area contributed by atoms with Crippen molar-refractivity contribution >= 4 is 34.3 Å². The molecule has 1 atom stereocenters. The van der Waals surface area contributed by atoms with Crippen LogP contribution in [0.2, 0.25) is 0 Å². The number of nitro benzene ring substituents is 1. The first-order valence-corrected chi connectivity index (χ1v) is 13.6. The van der Waals surface area contributed by atoms with Crippen molar-refractivity contribution in [3.05, 3.63) is 63.7 Å². The standard InChI is InChI=1S/C27H30F6N4O3S/c1-17(25(41)36-14-12-35(13-15-36)21-7-2-18(3-8-21)26(28,29)30)40-22-9-4-19(5-10-22)34-20-6-11-24(37(38)39)23(16-20)27(31,32)33/h2-3,6-8,11,16-17,19,22,34H,4-5,9-10,12-15H2,1H3/t17?,19-,22-. The van der Waals surface area contributed by atoms with Crippen LogP contribution in [-0.2, 0) is 17.1 Å². The molecule has 2 aliphatic rings. The number of rotatable bonds is 7. The minimum atomic E-state index is -4.84. The van der Waals surface area contributed by atoms with Crippen LogP contribution in [0.3, 0.4) is 0 Å². The summed E-state index contributed by atoms with van der Waals surface area (Å²) in [6.07, 6.45) is -6.98. The fourth-order valence-electron chi connectivity index (χ4n) is 5.24. The predicted octanol–water partition coefficient (Wildman–Crippen LogP) is 6.91. The van der Waals surface area contributed by atoms with Crippen LogP contribution < -0.4 is 10.2 Å². The van der Waals surface area contributed by atoms with Crippen molar-refractivity contribution in [3.8, 4) is 0 Å². The molecule has 0 spiro atoms. The Hall–Kier alpha value is -3.13. The van der Waals surface area contributed by atoms with Gasteiger partial charge in [-0.1, -0.05) is 12.2 Å². The Morgan fingerprint density at radius 1 is 0.976 bits per heavy atom. The Morgan fingerprint density at radius 3 is 2.12 bits per heavy atom. The summed E-state index contributed by atoms with van der Waals surface area (Å²) < 4.78 is 84.6. The van der Waals surface area contributed by atoms with E-state index in [1.807, 2.05) is 16.7 Å². The van der Waals surface area contributed by atoms with Gasteiger partial charge in [0.25, 0.3) is 5.69 Å². The number of halogens is 6. The monoisotopic (exact) mass is 604 g/mol. The topological polar surface area (TPSA) is 70.9 Å². The van der Waals surface area contributed by atoms with Crippen LogP contribution in [0.4, 0.5) is 43.4 Å². The number of ether oxygens (including phenoxy) is 1. The van der Waals surface area contributed by atoms with Crippen molar-refractivity contribution in [2.45, 2.75) is 63.2 Å². The highest BCUT2D eigenvalue weighted by Gasteiger charge is 2.39. The molecule has 4 rings (SSSR count). The Morgan fingerprint density at radius 2 is 1.59 bits per heavy atom. The summed E-state index contributed by atoms with van der Waals surface area (Å²) in [4.78, 5) is 14.7. The first-order chi connectivity index (χ1) is 19.2. The predicted molar refractivity (Wildman–Crippen MR) is 146 cm³/mol. The molecule has 0 bridgehead atoms. The highest BCUT2D eigenvalue weighted by molar-refractivity contribution is 7.80. The molecule has 0 aromatic heterocycles. The summed E-state index contributed by atoms with van der Waals surface area (Å²) in [5.74, 6) is 0. The average molecular weight is 605 g/mol. The van der Waals surface area contributed by atoms with Gasteiger partial charge in [-0.05, 0) is 69.0 Å². The lowest BCUT2D eigenvalue weighted by molar-refractivity contribution is -0.388. The van der Waals surface area contributed by atoms with Crippen molar-refractivity contribution in [2.75, 3.05) is 36.4 Å². The number of alkyl halides is 6. The van der Waals surface area contributed by atoms with E-state index in [9.17, 15) is 36.5 Å². The van der Waals surface area contributed by atoms with Gasteiger partial charge in [0.15, 0.2) is 0 Å². The molecule has 2 aromatic rings.